The van der Waals surface area contributed by atoms with Crippen LogP contribution in [0.25, 0.3) is 0 Å². The molecule has 0 bridgehead atoms. The lowest BCUT2D eigenvalue weighted by atomic mass is 10.1. The van der Waals surface area contributed by atoms with Gasteiger partial charge in [0.2, 0.25) is 0 Å². The maximum Gasteiger partial charge on any atom is 0.275 e. The van der Waals surface area contributed by atoms with Crippen molar-refractivity contribution in [1.82, 2.24) is 0 Å². The Morgan fingerprint density at radius 2 is 1.95 bits per heavy atom. The number of ether oxygens (including phenoxy) is 1. The SMILES string of the molecule is CCNc1cc(Oc2ccccc2CC)cc([N+](=O)[O-])c1. The van der Waals surface area contributed by atoms with Gasteiger partial charge in [0.15, 0.2) is 0 Å². The van der Waals surface area contributed by atoms with Gasteiger partial charge < -0.3 is 10.1 Å². The first-order valence-electron chi connectivity index (χ1n) is 6.93. The van der Waals surface area contributed by atoms with Crippen molar-refractivity contribution >= 4 is 11.4 Å². The zero-order chi connectivity index (χ0) is 15.2. The molecule has 0 spiro atoms. The highest BCUT2D eigenvalue weighted by atomic mass is 16.6. The second-order valence-electron chi connectivity index (χ2n) is 4.57. The third kappa shape index (κ3) is 3.72. The molecule has 0 unspecified atom stereocenters. The number of non-ortho nitro benzene ring substituents is 1. The van der Waals surface area contributed by atoms with Crippen LogP contribution in [0.15, 0.2) is 42.5 Å². The molecule has 0 radical (unpaired) electrons. The molecular formula is C16H18N2O3. The van der Waals surface area contributed by atoms with E-state index in [0.717, 1.165) is 17.7 Å². The largest absolute Gasteiger partial charge is 0.457 e. The van der Waals surface area contributed by atoms with Crippen molar-refractivity contribution in [3.8, 4) is 11.5 Å². The van der Waals surface area contributed by atoms with E-state index in [2.05, 4.69) is 5.32 Å². The molecule has 2 aromatic carbocycles. The van der Waals surface area contributed by atoms with E-state index in [9.17, 15) is 10.1 Å². The van der Waals surface area contributed by atoms with Crippen molar-refractivity contribution < 1.29 is 9.66 Å². The molecule has 0 saturated carbocycles. The zero-order valence-electron chi connectivity index (χ0n) is 12.1. The van der Waals surface area contributed by atoms with Crippen LogP contribution in [-0.4, -0.2) is 11.5 Å². The van der Waals surface area contributed by atoms with E-state index in [1.165, 1.54) is 12.1 Å². The fraction of sp³-hybridized carbons (Fsp3) is 0.250. The number of aryl methyl sites for hydroxylation is 1. The third-order valence-corrected chi connectivity index (χ3v) is 3.06. The Bertz CT molecular complexity index is 641. The molecule has 0 heterocycles. The summed E-state index contributed by atoms with van der Waals surface area (Å²) in [7, 11) is 0. The number of nitrogens with zero attached hydrogens (tertiary/aromatic N) is 1. The molecule has 0 saturated heterocycles. The number of benzene rings is 2. The molecule has 5 nitrogen and oxygen atoms in total. The molecule has 2 rings (SSSR count). The minimum atomic E-state index is -0.417. The Morgan fingerprint density at radius 1 is 1.19 bits per heavy atom. The maximum atomic E-state index is 11.0. The van der Waals surface area contributed by atoms with Crippen molar-refractivity contribution in [1.29, 1.82) is 0 Å². The molecule has 0 aliphatic carbocycles. The molecular weight excluding hydrogens is 268 g/mol. The smallest absolute Gasteiger partial charge is 0.275 e. The van der Waals surface area contributed by atoms with Crippen LogP contribution in [0.1, 0.15) is 19.4 Å². The summed E-state index contributed by atoms with van der Waals surface area (Å²) in [6, 6.07) is 12.4. The van der Waals surface area contributed by atoms with Gasteiger partial charge in [0, 0.05) is 24.4 Å². The van der Waals surface area contributed by atoms with Gasteiger partial charge in [-0.25, -0.2) is 0 Å². The molecule has 21 heavy (non-hydrogen) atoms. The van der Waals surface area contributed by atoms with Crippen molar-refractivity contribution in [3.05, 3.63) is 58.1 Å². The second-order valence-corrected chi connectivity index (χ2v) is 4.57. The van der Waals surface area contributed by atoms with Crippen molar-refractivity contribution in [2.45, 2.75) is 20.3 Å². The van der Waals surface area contributed by atoms with E-state index in [1.54, 1.807) is 6.07 Å². The summed E-state index contributed by atoms with van der Waals surface area (Å²) in [6.45, 7) is 4.66. The fourth-order valence-corrected chi connectivity index (χ4v) is 2.08. The molecule has 0 aliphatic rings. The molecule has 0 fully saturated rings. The minimum absolute atomic E-state index is 0.0115. The lowest BCUT2D eigenvalue weighted by Crippen LogP contribution is -1.99. The number of anilines is 1. The summed E-state index contributed by atoms with van der Waals surface area (Å²) in [5.41, 5.74) is 1.75. The normalized spacial score (nSPS) is 10.2. The molecule has 110 valence electrons. The Morgan fingerprint density at radius 3 is 2.62 bits per heavy atom. The van der Waals surface area contributed by atoms with Gasteiger partial charge in [-0.15, -0.1) is 0 Å². The van der Waals surface area contributed by atoms with Crippen molar-refractivity contribution in [2.75, 3.05) is 11.9 Å². The van der Waals surface area contributed by atoms with Gasteiger partial charge in [-0.2, -0.15) is 0 Å². The summed E-state index contributed by atoms with van der Waals surface area (Å²) in [6.07, 6.45) is 0.838. The summed E-state index contributed by atoms with van der Waals surface area (Å²) >= 11 is 0. The molecule has 0 atom stereocenters. The van der Waals surface area contributed by atoms with Crippen molar-refractivity contribution in [2.24, 2.45) is 0 Å². The number of nitro groups is 1. The maximum absolute atomic E-state index is 11.0. The van der Waals surface area contributed by atoms with Crippen LogP contribution in [0.2, 0.25) is 0 Å². The first-order chi connectivity index (χ1) is 10.1. The first-order valence-corrected chi connectivity index (χ1v) is 6.93. The topological polar surface area (TPSA) is 64.4 Å². The third-order valence-electron chi connectivity index (χ3n) is 3.06. The van der Waals surface area contributed by atoms with Gasteiger partial charge in [0.1, 0.15) is 11.5 Å². The quantitative estimate of drug-likeness (QED) is 0.632. The van der Waals surface area contributed by atoms with E-state index >= 15 is 0 Å². The highest BCUT2D eigenvalue weighted by molar-refractivity contribution is 5.57. The summed E-state index contributed by atoms with van der Waals surface area (Å²) in [4.78, 5) is 10.6. The van der Waals surface area contributed by atoms with Crippen LogP contribution in [0.5, 0.6) is 11.5 Å². The van der Waals surface area contributed by atoms with Gasteiger partial charge in [-0.05, 0) is 25.0 Å². The van der Waals surface area contributed by atoms with Gasteiger partial charge in [-0.1, -0.05) is 25.1 Å². The summed E-state index contributed by atoms with van der Waals surface area (Å²) in [5.74, 6) is 1.18. The van der Waals surface area contributed by atoms with Crippen LogP contribution < -0.4 is 10.1 Å². The Labute approximate surface area is 123 Å². The summed E-state index contributed by atoms with van der Waals surface area (Å²) in [5, 5.41) is 14.1. The van der Waals surface area contributed by atoms with E-state index in [4.69, 9.17) is 4.74 Å². The lowest BCUT2D eigenvalue weighted by Gasteiger charge is -2.11. The van der Waals surface area contributed by atoms with Gasteiger partial charge in [0.25, 0.3) is 5.69 Å². The Hall–Kier alpha value is -2.56. The zero-order valence-corrected chi connectivity index (χ0v) is 12.1. The first kappa shape index (κ1) is 14.8. The van der Waals surface area contributed by atoms with Crippen LogP contribution in [0, 0.1) is 10.1 Å². The van der Waals surface area contributed by atoms with E-state index in [1.807, 2.05) is 38.1 Å². The standard InChI is InChI=1S/C16H18N2O3/c1-3-12-7-5-6-8-16(12)21-15-10-13(17-4-2)9-14(11-15)18(19)20/h5-11,17H,3-4H2,1-2H3. The van der Waals surface area contributed by atoms with Crippen LogP contribution >= 0.6 is 0 Å². The summed E-state index contributed by atoms with van der Waals surface area (Å²) < 4.78 is 5.83. The number of nitro benzene ring substituents is 1. The predicted molar refractivity (Wildman–Crippen MR) is 83.2 cm³/mol. The van der Waals surface area contributed by atoms with E-state index in [0.29, 0.717) is 18.0 Å². The van der Waals surface area contributed by atoms with Crippen molar-refractivity contribution in [3.63, 3.8) is 0 Å². The molecule has 2 aromatic rings. The minimum Gasteiger partial charge on any atom is -0.457 e. The average Bonchev–Trinajstić information content (AvgIpc) is 2.48. The Kier molecular flexibility index (Phi) is 4.77. The fourth-order valence-electron chi connectivity index (χ4n) is 2.08. The van der Waals surface area contributed by atoms with E-state index < -0.39 is 4.92 Å². The molecule has 5 heteroatoms. The molecule has 0 aromatic heterocycles. The molecule has 1 N–H and O–H groups in total. The van der Waals surface area contributed by atoms with Gasteiger partial charge >= 0.3 is 0 Å². The number of nitrogens with one attached hydrogen (secondary N) is 1. The number of para-hydroxylation sites is 1. The number of rotatable bonds is 6. The monoisotopic (exact) mass is 286 g/mol. The van der Waals surface area contributed by atoms with Gasteiger partial charge in [-0.3, -0.25) is 10.1 Å². The highest BCUT2D eigenvalue weighted by Gasteiger charge is 2.12. The predicted octanol–water partition coefficient (Wildman–Crippen LogP) is 4.38. The number of hydrogen-bond acceptors (Lipinski definition) is 4. The Balaban J connectivity index is 2.36. The molecule has 0 aliphatic heterocycles. The van der Waals surface area contributed by atoms with Crippen LogP contribution in [0.4, 0.5) is 11.4 Å². The van der Waals surface area contributed by atoms with Crippen LogP contribution in [-0.2, 0) is 6.42 Å². The van der Waals surface area contributed by atoms with Crippen LogP contribution in [0.3, 0.4) is 0 Å². The number of hydrogen-bond donors (Lipinski definition) is 1. The average molecular weight is 286 g/mol. The molecule has 0 amide bonds. The van der Waals surface area contributed by atoms with E-state index in [-0.39, 0.29) is 5.69 Å². The highest BCUT2D eigenvalue weighted by Crippen LogP contribution is 2.31. The lowest BCUT2D eigenvalue weighted by molar-refractivity contribution is -0.384. The van der Waals surface area contributed by atoms with Gasteiger partial charge in [0.05, 0.1) is 11.0 Å². The second kappa shape index (κ2) is 6.74.